The molecule has 0 unspecified atom stereocenters. The van der Waals surface area contributed by atoms with Gasteiger partial charge in [-0.15, -0.1) is 0 Å². The Morgan fingerprint density at radius 3 is 2.15 bits per heavy atom. The molecule has 1 aromatic carbocycles. The van der Waals surface area contributed by atoms with Crippen LogP contribution in [0.25, 0.3) is 0 Å². The maximum Gasteiger partial charge on any atom is 0.281 e. The largest absolute Gasteiger partial charge is 0.372 e. The number of nitrogens with one attached hydrogen (secondary N) is 1. The lowest BCUT2D eigenvalue weighted by molar-refractivity contribution is -0.126. The Balaban J connectivity index is 1.83. The van der Waals surface area contributed by atoms with Crippen LogP contribution in [0.1, 0.15) is 32.3 Å². The van der Waals surface area contributed by atoms with Crippen molar-refractivity contribution in [2.45, 2.75) is 33.2 Å². The Morgan fingerprint density at radius 2 is 1.67 bits per heavy atom. The minimum Gasteiger partial charge on any atom is -0.372 e. The van der Waals surface area contributed by atoms with Crippen molar-refractivity contribution in [3.05, 3.63) is 29.8 Å². The molecule has 27 heavy (non-hydrogen) atoms. The summed E-state index contributed by atoms with van der Waals surface area (Å²) in [6.45, 7) is 7.46. The molecule has 0 bridgehead atoms. The van der Waals surface area contributed by atoms with Crippen LogP contribution in [-0.2, 0) is 21.5 Å². The molecule has 1 fully saturated rings. The summed E-state index contributed by atoms with van der Waals surface area (Å²) in [6, 6.07) is 8.25. The predicted molar refractivity (Wildman–Crippen MR) is 109 cm³/mol. The fourth-order valence-corrected chi connectivity index (χ4v) is 4.46. The van der Waals surface area contributed by atoms with Gasteiger partial charge in [0, 0.05) is 58.4 Å². The minimum atomic E-state index is -3.39. The molecular weight excluding hydrogens is 364 g/mol. The number of hydrogen-bond acceptors (Lipinski definition) is 4. The minimum absolute atomic E-state index is 0.00437. The molecule has 1 aliphatic rings. The van der Waals surface area contributed by atoms with E-state index < -0.39 is 10.2 Å². The second-order valence-corrected chi connectivity index (χ2v) is 9.16. The van der Waals surface area contributed by atoms with Crippen molar-refractivity contribution >= 4 is 21.8 Å². The van der Waals surface area contributed by atoms with Crippen molar-refractivity contribution in [2.24, 2.45) is 5.92 Å². The van der Waals surface area contributed by atoms with E-state index in [0.717, 1.165) is 18.7 Å². The highest BCUT2D eigenvalue weighted by Crippen LogP contribution is 2.21. The first-order valence-corrected chi connectivity index (χ1v) is 11.0. The third-order valence-electron chi connectivity index (χ3n) is 5.14. The lowest BCUT2D eigenvalue weighted by Crippen LogP contribution is -2.46. The van der Waals surface area contributed by atoms with Crippen LogP contribution in [0.2, 0.25) is 0 Å². The number of piperidine rings is 1. The number of carbonyl (C=O) groups is 1. The van der Waals surface area contributed by atoms with Crippen LogP contribution >= 0.6 is 0 Å². The average molecular weight is 397 g/mol. The molecule has 8 heteroatoms. The molecule has 0 aromatic heterocycles. The molecule has 0 radical (unpaired) electrons. The number of nitrogens with zero attached hydrogens (tertiary/aromatic N) is 3. The van der Waals surface area contributed by atoms with E-state index in [4.69, 9.17) is 0 Å². The Bertz CT molecular complexity index is 707. The van der Waals surface area contributed by atoms with Crippen molar-refractivity contribution in [1.82, 2.24) is 13.9 Å². The smallest absolute Gasteiger partial charge is 0.281 e. The first-order valence-electron chi connectivity index (χ1n) is 9.58. The summed E-state index contributed by atoms with van der Waals surface area (Å²) < 4.78 is 26.9. The van der Waals surface area contributed by atoms with Gasteiger partial charge < -0.3 is 10.2 Å². The fraction of sp³-hybridized carbons (Fsp3) is 0.632. The molecule has 1 heterocycles. The SMILES string of the molecule is CCN(CC)c1ccc(CNC(=O)C2CCN(S(=O)(=O)N(C)C)CC2)cc1. The number of benzene rings is 1. The van der Waals surface area contributed by atoms with E-state index in [9.17, 15) is 13.2 Å². The van der Waals surface area contributed by atoms with E-state index >= 15 is 0 Å². The molecule has 0 saturated carbocycles. The van der Waals surface area contributed by atoms with E-state index in [1.165, 1.54) is 28.4 Å². The number of amides is 1. The average Bonchev–Trinajstić information content (AvgIpc) is 2.68. The first-order chi connectivity index (χ1) is 12.8. The summed E-state index contributed by atoms with van der Waals surface area (Å²) in [5, 5.41) is 2.99. The lowest BCUT2D eigenvalue weighted by atomic mass is 9.97. The van der Waals surface area contributed by atoms with Crippen molar-refractivity contribution < 1.29 is 13.2 Å². The van der Waals surface area contributed by atoms with Crippen LogP contribution < -0.4 is 10.2 Å². The third kappa shape index (κ3) is 5.43. The van der Waals surface area contributed by atoms with Gasteiger partial charge in [-0.1, -0.05) is 12.1 Å². The van der Waals surface area contributed by atoms with Crippen LogP contribution in [0.3, 0.4) is 0 Å². The van der Waals surface area contributed by atoms with Crippen molar-refractivity contribution in [2.75, 3.05) is 45.2 Å². The van der Waals surface area contributed by atoms with Gasteiger partial charge in [-0.05, 0) is 44.4 Å². The van der Waals surface area contributed by atoms with E-state index in [0.29, 0.717) is 32.5 Å². The van der Waals surface area contributed by atoms with Gasteiger partial charge in [0.05, 0.1) is 0 Å². The third-order valence-corrected chi connectivity index (χ3v) is 7.08. The maximum atomic E-state index is 12.4. The monoisotopic (exact) mass is 396 g/mol. The molecule has 1 aliphatic heterocycles. The molecule has 2 rings (SSSR count). The van der Waals surface area contributed by atoms with Crippen LogP contribution in [-0.4, -0.2) is 63.2 Å². The molecule has 1 amide bonds. The van der Waals surface area contributed by atoms with Gasteiger partial charge in [0.25, 0.3) is 10.2 Å². The topological polar surface area (TPSA) is 73.0 Å². The number of anilines is 1. The van der Waals surface area contributed by atoms with Gasteiger partial charge in [0.1, 0.15) is 0 Å². The maximum absolute atomic E-state index is 12.4. The van der Waals surface area contributed by atoms with Crippen LogP contribution in [0, 0.1) is 5.92 Å². The molecule has 0 spiro atoms. The highest BCUT2D eigenvalue weighted by atomic mass is 32.2. The van der Waals surface area contributed by atoms with Crippen LogP contribution in [0.4, 0.5) is 5.69 Å². The second-order valence-electron chi connectivity index (χ2n) is 7.02. The zero-order valence-corrected chi connectivity index (χ0v) is 17.6. The Kier molecular flexibility index (Phi) is 7.64. The zero-order chi connectivity index (χ0) is 20.0. The summed E-state index contributed by atoms with van der Waals surface area (Å²) in [6.07, 6.45) is 1.11. The lowest BCUT2D eigenvalue weighted by Gasteiger charge is -2.32. The van der Waals surface area contributed by atoms with Gasteiger partial charge in [0.15, 0.2) is 0 Å². The molecule has 1 aromatic rings. The second kappa shape index (κ2) is 9.52. The molecule has 1 saturated heterocycles. The molecule has 0 aliphatic carbocycles. The van der Waals surface area contributed by atoms with Gasteiger partial charge in [-0.25, -0.2) is 0 Å². The summed E-state index contributed by atoms with van der Waals surface area (Å²) in [5.74, 6) is -0.127. The normalized spacial score (nSPS) is 16.5. The Morgan fingerprint density at radius 1 is 1.11 bits per heavy atom. The molecule has 152 valence electrons. The first kappa shape index (κ1) is 21.7. The predicted octanol–water partition coefficient (Wildman–Crippen LogP) is 1.67. The number of hydrogen-bond donors (Lipinski definition) is 1. The van der Waals surface area contributed by atoms with Crippen LogP contribution in [0.15, 0.2) is 24.3 Å². The van der Waals surface area contributed by atoms with E-state index in [-0.39, 0.29) is 11.8 Å². The molecule has 0 atom stereocenters. The zero-order valence-electron chi connectivity index (χ0n) is 16.8. The Hall–Kier alpha value is -1.64. The van der Waals surface area contributed by atoms with E-state index in [1.54, 1.807) is 0 Å². The number of rotatable bonds is 8. The van der Waals surface area contributed by atoms with Crippen LogP contribution in [0.5, 0.6) is 0 Å². The highest BCUT2D eigenvalue weighted by molar-refractivity contribution is 7.86. The highest BCUT2D eigenvalue weighted by Gasteiger charge is 2.32. The summed E-state index contributed by atoms with van der Waals surface area (Å²) in [5.41, 5.74) is 2.25. The fourth-order valence-electron chi connectivity index (χ4n) is 3.33. The van der Waals surface area contributed by atoms with Crippen molar-refractivity contribution in [1.29, 1.82) is 0 Å². The quantitative estimate of drug-likeness (QED) is 0.725. The summed E-state index contributed by atoms with van der Waals surface area (Å²) >= 11 is 0. The van der Waals surface area contributed by atoms with E-state index in [1.807, 2.05) is 12.1 Å². The molecular formula is C19H32N4O3S. The van der Waals surface area contributed by atoms with Gasteiger partial charge >= 0.3 is 0 Å². The Labute approximate surface area is 163 Å². The standard InChI is InChI=1S/C19H32N4O3S/c1-5-22(6-2)18-9-7-16(8-10-18)15-20-19(24)17-11-13-23(14-12-17)27(25,26)21(3)4/h7-10,17H,5-6,11-15H2,1-4H3,(H,20,24). The molecule has 1 N–H and O–H groups in total. The van der Waals surface area contributed by atoms with Gasteiger partial charge in [-0.2, -0.15) is 17.0 Å². The molecule has 7 nitrogen and oxygen atoms in total. The summed E-state index contributed by atoms with van der Waals surface area (Å²) in [7, 11) is -0.334. The van der Waals surface area contributed by atoms with Crippen molar-refractivity contribution in [3.63, 3.8) is 0 Å². The van der Waals surface area contributed by atoms with Gasteiger partial charge in [0.2, 0.25) is 5.91 Å². The van der Waals surface area contributed by atoms with Crippen molar-refractivity contribution in [3.8, 4) is 0 Å². The van der Waals surface area contributed by atoms with Gasteiger partial charge in [-0.3, -0.25) is 4.79 Å². The van der Waals surface area contributed by atoms with E-state index in [2.05, 4.69) is 36.2 Å². The summed E-state index contributed by atoms with van der Waals surface area (Å²) in [4.78, 5) is 14.7. The number of carbonyl (C=O) groups excluding carboxylic acids is 1.